The summed E-state index contributed by atoms with van der Waals surface area (Å²) in [4.78, 5) is 8.06. The van der Waals surface area contributed by atoms with Gasteiger partial charge in [-0.2, -0.15) is 0 Å². The summed E-state index contributed by atoms with van der Waals surface area (Å²) in [7, 11) is 0. The first kappa shape index (κ1) is 14.4. The molecule has 2 aromatic rings. The van der Waals surface area contributed by atoms with E-state index in [0.717, 1.165) is 6.42 Å². The maximum absolute atomic E-state index is 4.28. The molecule has 0 amide bonds. The van der Waals surface area contributed by atoms with E-state index in [2.05, 4.69) is 29.0 Å². The molecule has 0 bridgehead atoms. The Balaban J connectivity index is 0.000000225. The molecule has 0 aromatic carbocycles. The van der Waals surface area contributed by atoms with Crippen molar-refractivity contribution in [3.63, 3.8) is 0 Å². The molecular weight excluding hydrogens is 220 g/mol. The predicted molar refractivity (Wildman–Crippen MR) is 76.3 cm³/mol. The van der Waals surface area contributed by atoms with Crippen molar-refractivity contribution in [2.45, 2.75) is 39.0 Å². The molecule has 0 spiro atoms. The average molecular weight is 242 g/mol. The van der Waals surface area contributed by atoms with E-state index in [9.17, 15) is 0 Å². The lowest BCUT2D eigenvalue weighted by Gasteiger charge is -1.98. The Morgan fingerprint density at radius 3 is 2.11 bits per heavy atom. The van der Waals surface area contributed by atoms with Crippen molar-refractivity contribution in [1.29, 1.82) is 0 Å². The lowest BCUT2D eigenvalue weighted by molar-refractivity contribution is 0.660. The molecule has 0 fully saturated rings. The van der Waals surface area contributed by atoms with Crippen LogP contribution in [0.25, 0.3) is 0 Å². The van der Waals surface area contributed by atoms with E-state index >= 15 is 0 Å². The van der Waals surface area contributed by atoms with Crippen molar-refractivity contribution in [3.8, 4) is 0 Å². The highest BCUT2D eigenvalue weighted by Gasteiger charge is 1.91. The maximum Gasteiger partial charge on any atom is 0.0403 e. The van der Waals surface area contributed by atoms with Gasteiger partial charge in [-0.1, -0.05) is 38.3 Å². The van der Waals surface area contributed by atoms with Gasteiger partial charge >= 0.3 is 0 Å². The van der Waals surface area contributed by atoms with E-state index in [4.69, 9.17) is 0 Å². The normalized spacial score (nSPS) is 9.39. The molecular formula is C16H22N2. The highest BCUT2D eigenvalue weighted by Crippen LogP contribution is 2.04. The first-order chi connectivity index (χ1) is 8.93. The topological polar surface area (TPSA) is 25.8 Å². The van der Waals surface area contributed by atoms with Crippen LogP contribution in [0.3, 0.4) is 0 Å². The summed E-state index contributed by atoms with van der Waals surface area (Å²) >= 11 is 0. The Hall–Kier alpha value is -1.70. The van der Waals surface area contributed by atoms with Crippen molar-refractivity contribution in [2.24, 2.45) is 0 Å². The summed E-state index contributed by atoms with van der Waals surface area (Å²) in [6, 6.07) is 11.8. The first-order valence-electron chi connectivity index (χ1n) is 6.68. The van der Waals surface area contributed by atoms with Gasteiger partial charge in [0.25, 0.3) is 0 Å². The second kappa shape index (κ2) is 10.5. The second-order valence-corrected chi connectivity index (χ2v) is 4.16. The fraction of sp³-hybridized carbons (Fsp3) is 0.375. The van der Waals surface area contributed by atoms with Crippen molar-refractivity contribution in [3.05, 3.63) is 60.7 Å². The van der Waals surface area contributed by atoms with Crippen LogP contribution in [-0.2, 0) is 6.42 Å². The number of pyridine rings is 2. The molecule has 0 unspecified atom stereocenters. The molecule has 0 aliphatic carbocycles. The van der Waals surface area contributed by atoms with Crippen LogP contribution in [0.4, 0.5) is 0 Å². The Kier molecular flexibility index (Phi) is 8.34. The lowest BCUT2D eigenvalue weighted by Crippen LogP contribution is -1.88. The summed E-state index contributed by atoms with van der Waals surface area (Å²) in [5.41, 5.74) is 1.23. The summed E-state index contributed by atoms with van der Waals surface area (Å²) < 4.78 is 0. The fourth-order valence-corrected chi connectivity index (χ4v) is 1.59. The minimum atomic E-state index is 1.14. The number of unbranched alkanes of at least 4 members (excludes halogenated alkanes) is 3. The molecule has 2 aromatic heterocycles. The van der Waals surface area contributed by atoms with Crippen LogP contribution in [0.1, 0.15) is 38.3 Å². The van der Waals surface area contributed by atoms with Gasteiger partial charge in [-0.05, 0) is 37.1 Å². The molecule has 2 heterocycles. The lowest BCUT2D eigenvalue weighted by atomic mass is 10.1. The van der Waals surface area contributed by atoms with E-state index in [0.29, 0.717) is 0 Å². The highest BCUT2D eigenvalue weighted by atomic mass is 14.7. The average Bonchev–Trinajstić information content (AvgIpc) is 2.47. The van der Waals surface area contributed by atoms with Gasteiger partial charge in [-0.3, -0.25) is 9.97 Å². The molecule has 0 saturated carbocycles. The van der Waals surface area contributed by atoms with Gasteiger partial charge in [-0.15, -0.1) is 0 Å². The molecule has 0 aliphatic heterocycles. The van der Waals surface area contributed by atoms with Crippen LogP contribution in [0.5, 0.6) is 0 Å². The molecule has 96 valence electrons. The third kappa shape index (κ3) is 7.55. The van der Waals surface area contributed by atoms with Gasteiger partial charge in [0.1, 0.15) is 0 Å². The van der Waals surface area contributed by atoms with E-state index in [1.807, 2.05) is 30.5 Å². The summed E-state index contributed by atoms with van der Waals surface area (Å²) in [6.07, 6.45) is 11.8. The number of hydrogen-bond donors (Lipinski definition) is 0. The smallest absolute Gasteiger partial charge is 0.0403 e. The zero-order valence-corrected chi connectivity index (χ0v) is 11.1. The zero-order chi connectivity index (χ0) is 12.9. The SMILES string of the molecule is CCCCCCc1ccccn1.c1ccncc1. The van der Waals surface area contributed by atoms with Crippen LogP contribution < -0.4 is 0 Å². The monoisotopic (exact) mass is 242 g/mol. The Labute approximate surface area is 110 Å². The van der Waals surface area contributed by atoms with E-state index in [-0.39, 0.29) is 0 Å². The first-order valence-corrected chi connectivity index (χ1v) is 6.68. The molecule has 2 nitrogen and oxygen atoms in total. The van der Waals surface area contributed by atoms with Gasteiger partial charge in [0.05, 0.1) is 0 Å². The van der Waals surface area contributed by atoms with Crippen LogP contribution >= 0.6 is 0 Å². The predicted octanol–water partition coefficient (Wildman–Crippen LogP) is 4.29. The number of aryl methyl sites for hydroxylation is 1. The quantitative estimate of drug-likeness (QED) is 0.731. The van der Waals surface area contributed by atoms with E-state index in [1.54, 1.807) is 12.4 Å². The molecule has 18 heavy (non-hydrogen) atoms. The molecule has 0 saturated heterocycles. The minimum absolute atomic E-state index is 1.14. The Bertz CT molecular complexity index is 346. The molecule has 0 aliphatic rings. The van der Waals surface area contributed by atoms with Crippen LogP contribution in [0.15, 0.2) is 55.0 Å². The van der Waals surface area contributed by atoms with Gasteiger partial charge in [0.2, 0.25) is 0 Å². The zero-order valence-electron chi connectivity index (χ0n) is 11.1. The molecule has 0 atom stereocenters. The number of hydrogen-bond acceptors (Lipinski definition) is 2. The minimum Gasteiger partial charge on any atom is -0.265 e. The largest absolute Gasteiger partial charge is 0.265 e. The van der Waals surface area contributed by atoms with Crippen molar-refractivity contribution < 1.29 is 0 Å². The summed E-state index contributed by atoms with van der Waals surface area (Å²) in [6.45, 7) is 2.24. The third-order valence-electron chi connectivity index (χ3n) is 2.58. The number of nitrogens with zero attached hydrogens (tertiary/aromatic N) is 2. The molecule has 0 N–H and O–H groups in total. The molecule has 0 radical (unpaired) electrons. The van der Waals surface area contributed by atoms with Gasteiger partial charge < -0.3 is 0 Å². The van der Waals surface area contributed by atoms with Gasteiger partial charge in [-0.25, -0.2) is 0 Å². The number of aromatic nitrogens is 2. The summed E-state index contributed by atoms with van der Waals surface area (Å²) in [5, 5.41) is 0. The van der Waals surface area contributed by atoms with Crippen LogP contribution in [0, 0.1) is 0 Å². The highest BCUT2D eigenvalue weighted by molar-refractivity contribution is 5.03. The number of rotatable bonds is 5. The van der Waals surface area contributed by atoms with Crippen LogP contribution in [0.2, 0.25) is 0 Å². The fourth-order valence-electron chi connectivity index (χ4n) is 1.59. The molecule has 2 heteroatoms. The van der Waals surface area contributed by atoms with Crippen molar-refractivity contribution >= 4 is 0 Å². The second-order valence-electron chi connectivity index (χ2n) is 4.16. The Morgan fingerprint density at radius 1 is 0.833 bits per heavy atom. The van der Waals surface area contributed by atoms with Gasteiger partial charge in [0, 0.05) is 24.3 Å². The van der Waals surface area contributed by atoms with Crippen molar-refractivity contribution in [1.82, 2.24) is 9.97 Å². The summed E-state index contributed by atoms with van der Waals surface area (Å²) in [5.74, 6) is 0. The van der Waals surface area contributed by atoms with E-state index in [1.165, 1.54) is 31.4 Å². The standard InChI is InChI=1S/C11H17N.C5H5N/c1-2-3-4-5-8-11-9-6-7-10-12-11;1-2-4-6-5-3-1/h6-7,9-10H,2-5,8H2,1H3;1-5H. The van der Waals surface area contributed by atoms with Crippen LogP contribution in [-0.4, -0.2) is 9.97 Å². The van der Waals surface area contributed by atoms with Gasteiger partial charge in [0.15, 0.2) is 0 Å². The van der Waals surface area contributed by atoms with Crippen molar-refractivity contribution in [2.75, 3.05) is 0 Å². The van der Waals surface area contributed by atoms with E-state index < -0.39 is 0 Å². The molecule has 2 rings (SSSR count). The third-order valence-corrected chi connectivity index (χ3v) is 2.58. The maximum atomic E-state index is 4.28. The Morgan fingerprint density at radius 2 is 1.61 bits per heavy atom.